The lowest BCUT2D eigenvalue weighted by molar-refractivity contribution is -0.131. The van der Waals surface area contributed by atoms with Crippen molar-refractivity contribution in [1.82, 2.24) is 20.2 Å². The zero-order valence-corrected chi connectivity index (χ0v) is 15.2. The number of carbonyl (C=O) groups is 2. The molecule has 2 heterocycles. The Morgan fingerprint density at radius 1 is 1.27 bits per heavy atom. The molecule has 0 aliphatic carbocycles. The number of rotatable bonds is 5. The van der Waals surface area contributed by atoms with E-state index in [2.05, 4.69) is 15.3 Å². The van der Waals surface area contributed by atoms with Crippen LogP contribution in [0, 0.1) is 6.92 Å². The molecule has 1 unspecified atom stereocenters. The van der Waals surface area contributed by atoms with E-state index in [0.29, 0.717) is 18.8 Å². The van der Waals surface area contributed by atoms with Crippen molar-refractivity contribution in [3.05, 3.63) is 59.2 Å². The summed E-state index contributed by atoms with van der Waals surface area (Å²) in [5, 5.41) is 2.74. The first-order valence-corrected chi connectivity index (χ1v) is 8.95. The van der Waals surface area contributed by atoms with Gasteiger partial charge in [-0.15, -0.1) is 0 Å². The molecule has 0 radical (unpaired) electrons. The molecule has 26 heavy (non-hydrogen) atoms. The van der Waals surface area contributed by atoms with Gasteiger partial charge in [-0.05, 0) is 37.0 Å². The summed E-state index contributed by atoms with van der Waals surface area (Å²) in [5.74, 6) is 0.669. The Kier molecular flexibility index (Phi) is 5.61. The quantitative estimate of drug-likeness (QED) is 0.896. The van der Waals surface area contributed by atoms with Crippen molar-refractivity contribution in [1.29, 1.82) is 0 Å². The Hall–Kier alpha value is -2.76. The summed E-state index contributed by atoms with van der Waals surface area (Å²) in [6, 6.07) is 9.67. The van der Waals surface area contributed by atoms with Crippen LogP contribution in [0.3, 0.4) is 0 Å². The SMILES string of the molecule is CC(=O)NCc1ccnc(C2CCCN2C(=O)Cc2ccccc2C)n1. The first-order valence-electron chi connectivity index (χ1n) is 8.95. The van der Waals surface area contributed by atoms with Crippen LogP contribution in [0.15, 0.2) is 36.5 Å². The van der Waals surface area contributed by atoms with Crippen LogP contribution >= 0.6 is 0 Å². The highest BCUT2D eigenvalue weighted by molar-refractivity contribution is 5.79. The van der Waals surface area contributed by atoms with Crippen molar-refractivity contribution >= 4 is 11.8 Å². The van der Waals surface area contributed by atoms with E-state index in [4.69, 9.17) is 0 Å². The zero-order valence-electron chi connectivity index (χ0n) is 15.2. The molecule has 1 fully saturated rings. The lowest BCUT2D eigenvalue weighted by Gasteiger charge is -2.24. The molecule has 1 aliphatic heterocycles. The molecule has 1 aromatic carbocycles. The van der Waals surface area contributed by atoms with Crippen molar-refractivity contribution < 1.29 is 9.59 Å². The minimum Gasteiger partial charge on any atom is -0.351 e. The summed E-state index contributed by atoms with van der Waals surface area (Å²) < 4.78 is 0. The molecule has 6 heteroatoms. The maximum Gasteiger partial charge on any atom is 0.227 e. The van der Waals surface area contributed by atoms with E-state index < -0.39 is 0 Å². The van der Waals surface area contributed by atoms with Crippen molar-refractivity contribution in [3.8, 4) is 0 Å². The molecule has 1 aliphatic rings. The number of aryl methyl sites for hydroxylation is 1. The van der Waals surface area contributed by atoms with Crippen LogP contribution in [-0.4, -0.2) is 33.2 Å². The van der Waals surface area contributed by atoms with Crippen LogP contribution in [0.1, 0.15) is 48.5 Å². The second-order valence-corrected chi connectivity index (χ2v) is 6.66. The van der Waals surface area contributed by atoms with Gasteiger partial charge in [0, 0.05) is 19.7 Å². The van der Waals surface area contributed by atoms with Gasteiger partial charge in [0.2, 0.25) is 11.8 Å². The van der Waals surface area contributed by atoms with Gasteiger partial charge in [-0.25, -0.2) is 9.97 Å². The maximum atomic E-state index is 12.9. The minimum atomic E-state index is -0.0962. The predicted molar refractivity (Wildman–Crippen MR) is 98.1 cm³/mol. The Morgan fingerprint density at radius 2 is 2.08 bits per heavy atom. The molecular formula is C20H24N4O2. The molecule has 0 spiro atoms. The fourth-order valence-electron chi connectivity index (χ4n) is 3.29. The smallest absolute Gasteiger partial charge is 0.227 e. The lowest BCUT2D eigenvalue weighted by Crippen LogP contribution is -2.33. The molecule has 1 atom stereocenters. The van der Waals surface area contributed by atoms with E-state index in [-0.39, 0.29) is 17.9 Å². The first kappa shape index (κ1) is 18.0. The number of carbonyl (C=O) groups excluding carboxylic acids is 2. The van der Waals surface area contributed by atoms with Crippen LogP contribution in [0.2, 0.25) is 0 Å². The van der Waals surface area contributed by atoms with Crippen LogP contribution < -0.4 is 5.32 Å². The Labute approximate surface area is 153 Å². The fraction of sp³-hybridized carbons (Fsp3) is 0.400. The van der Waals surface area contributed by atoms with Gasteiger partial charge in [0.05, 0.1) is 24.7 Å². The maximum absolute atomic E-state index is 12.9. The summed E-state index contributed by atoms with van der Waals surface area (Å²) in [6.45, 7) is 4.60. The van der Waals surface area contributed by atoms with Gasteiger partial charge in [-0.1, -0.05) is 24.3 Å². The molecule has 3 rings (SSSR count). The van der Waals surface area contributed by atoms with E-state index in [0.717, 1.165) is 36.2 Å². The summed E-state index contributed by atoms with van der Waals surface area (Å²) in [4.78, 5) is 34.8. The van der Waals surface area contributed by atoms with Gasteiger partial charge < -0.3 is 10.2 Å². The molecule has 2 amide bonds. The number of benzene rings is 1. The second-order valence-electron chi connectivity index (χ2n) is 6.66. The normalized spacial score (nSPS) is 16.5. The van der Waals surface area contributed by atoms with Crippen molar-refractivity contribution in [2.45, 2.75) is 45.7 Å². The third kappa shape index (κ3) is 4.25. The Bertz CT molecular complexity index is 806. The third-order valence-corrected chi connectivity index (χ3v) is 4.72. The molecule has 1 aromatic heterocycles. The van der Waals surface area contributed by atoms with Crippen LogP contribution in [0.5, 0.6) is 0 Å². The Balaban J connectivity index is 1.73. The van der Waals surface area contributed by atoms with Gasteiger partial charge in [-0.2, -0.15) is 0 Å². The highest BCUT2D eigenvalue weighted by Gasteiger charge is 2.32. The summed E-state index contributed by atoms with van der Waals surface area (Å²) in [5.41, 5.74) is 2.94. The molecule has 136 valence electrons. The zero-order chi connectivity index (χ0) is 18.5. The third-order valence-electron chi connectivity index (χ3n) is 4.72. The van der Waals surface area contributed by atoms with Gasteiger partial charge in [-0.3, -0.25) is 9.59 Å². The summed E-state index contributed by atoms with van der Waals surface area (Å²) in [7, 11) is 0. The minimum absolute atomic E-state index is 0.0937. The highest BCUT2D eigenvalue weighted by atomic mass is 16.2. The number of amides is 2. The van der Waals surface area contributed by atoms with E-state index in [1.54, 1.807) is 12.3 Å². The monoisotopic (exact) mass is 352 g/mol. The highest BCUT2D eigenvalue weighted by Crippen LogP contribution is 2.30. The molecular weight excluding hydrogens is 328 g/mol. The van der Waals surface area contributed by atoms with Gasteiger partial charge in [0.15, 0.2) is 5.82 Å². The number of likely N-dealkylation sites (tertiary alicyclic amines) is 1. The van der Waals surface area contributed by atoms with E-state index >= 15 is 0 Å². The molecule has 6 nitrogen and oxygen atoms in total. The predicted octanol–water partition coefficient (Wildman–Crippen LogP) is 2.33. The van der Waals surface area contributed by atoms with Crippen LogP contribution in [0.4, 0.5) is 0 Å². The summed E-state index contributed by atoms with van der Waals surface area (Å²) in [6.07, 6.45) is 3.91. The second kappa shape index (κ2) is 8.08. The first-order chi connectivity index (χ1) is 12.5. The molecule has 0 bridgehead atoms. The van der Waals surface area contributed by atoms with E-state index in [9.17, 15) is 9.59 Å². The number of hydrogen-bond donors (Lipinski definition) is 1. The lowest BCUT2D eigenvalue weighted by atomic mass is 10.0. The molecule has 1 N–H and O–H groups in total. The van der Waals surface area contributed by atoms with Crippen molar-refractivity contribution in [2.75, 3.05) is 6.54 Å². The van der Waals surface area contributed by atoms with Crippen LogP contribution in [-0.2, 0) is 22.6 Å². The number of hydrogen-bond acceptors (Lipinski definition) is 4. The van der Waals surface area contributed by atoms with Crippen LogP contribution in [0.25, 0.3) is 0 Å². The standard InChI is InChI=1S/C20H24N4O2/c1-14-6-3-4-7-16(14)12-19(26)24-11-5-8-18(24)20-21-10-9-17(23-20)13-22-15(2)25/h3-4,6-7,9-10,18H,5,8,11-13H2,1-2H3,(H,22,25). The number of nitrogens with one attached hydrogen (secondary N) is 1. The average molecular weight is 352 g/mol. The van der Waals surface area contributed by atoms with Gasteiger partial charge in [0.1, 0.15) is 0 Å². The van der Waals surface area contributed by atoms with Gasteiger partial charge >= 0.3 is 0 Å². The van der Waals surface area contributed by atoms with Crippen molar-refractivity contribution in [2.24, 2.45) is 0 Å². The van der Waals surface area contributed by atoms with Crippen molar-refractivity contribution in [3.63, 3.8) is 0 Å². The Morgan fingerprint density at radius 3 is 2.85 bits per heavy atom. The number of nitrogens with zero attached hydrogens (tertiary/aromatic N) is 3. The number of aromatic nitrogens is 2. The molecule has 1 saturated heterocycles. The topological polar surface area (TPSA) is 75.2 Å². The molecule has 2 aromatic rings. The van der Waals surface area contributed by atoms with Gasteiger partial charge in [0.25, 0.3) is 0 Å². The fourth-order valence-corrected chi connectivity index (χ4v) is 3.29. The average Bonchev–Trinajstić information content (AvgIpc) is 3.12. The summed E-state index contributed by atoms with van der Waals surface area (Å²) >= 11 is 0. The molecule has 0 saturated carbocycles. The largest absolute Gasteiger partial charge is 0.351 e. The van der Waals surface area contributed by atoms with E-state index in [1.807, 2.05) is 36.1 Å². The van der Waals surface area contributed by atoms with E-state index in [1.165, 1.54) is 6.92 Å².